The van der Waals surface area contributed by atoms with E-state index in [1.54, 1.807) is 19.9 Å². The molecule has 1 aromatic heterocycles. The van der Waals surface area contributed by atoms with Crippen molar-refractivity contribution in [1.29, 1.82) is 0 Å². The van der Waals surface area contributed by atoms with E-state index in [0.29, 0.717) is 11.1 Å². The first kappa shape index (κ1) is 15.4. The molecule has 0 fully saturated rings. The van der Waals surface area contributed by atoms with Crippen molar-refractivity contribution in [2.75, 3.05) is 4.72 Å². The van der Waals surface area contributed by atoms with Gasteiger partial charge in [0.2, 0.25) is 0 Å². The number of halogens is 1. The van der Waals surface area contributed by atoms with Crippen LogP contribution < -0.4 is 4.72 Å². The largest absolute Gasteiger partial charge is 0.392 e. The van der Waals surface area contributed by atoms with E-state index < -0.39 is 15.8 Å². The summed E-state index contributed by atoms with van der Waals surface area (Å²) < 4.78 is 40.6. The van der Waals surface area contributed by atoms with E-state index >= 15 is 0 Å². The van der Waals surface area contributed by atoms with Crippen molar-refractivity contribution in [2.24, 2.45) is 0 Å². The quantitative estimate of drug-likeness (QED) is 0.906. The maximum absolute atomic E-state index is 13.5. The molecule has 2 rings (SSSR count). The summed E-state index contributed by atoms with van der Waals surface area (Å²) in [5.74, 6) is -0.756. The fourth-order valence-corrected chi connectivity index (χ4v) is 3.36. The third-order valence-corrected chi connectivity index (χ3v) is 4.66. The van der Waals surface area contributed by atoms with Crippen LogP contribution in [0.2, 0.25) is 0 Å². The predicted octanol–water partition coefficient (Wildman–Crippen LogP) is 2.13. The molecule has 5 nitrogen and oxygen atoms in total. The number of hydrogen-bond donors (Lipinski definition) is 2. The molecule has 2 aromatic rings. The normalized spacial score (nSPS) is 11.4. The number of pyridine rings is 1. The van der Waals surface area contributed by atoms with Crippen LogP contribution in [0.3, 0.4) is 0 Å². The van der Waals surface area contributed by atoms with Crippen molar-refractivity contribution >= 4 is 15.7 Å². The van der Waals surface area contributed by atoms with Crippen LogP contribution in [0, 0.1) is 19.7 Å². The molecule has 0 aliphatic heterocycles. The van der Waals surface area contributed by atoms with Crippen LogP contribution in [0.15, 0.2) is 35.5 Å². The van der Waals surface area contributed by atoms with Gasteiger partial charge in [0.1, 0.15) is 0 Å². The molecule has 0 saturated carbocycles. The third kappa shape index (κ3) is 3.20. The molecule has 112 valence electrons. The van der Waals surface area contributed by atoms with Crippen LogP contribution in [0.4, 0.5) is 10.1 Å². The fourth-order valence-electron chi connectivity index (χ4n) is 1.93. The van der Waals surface area contributed by atoms with Crippen LogP contribution in [0.1, 0.15) is 16.7 Å². The fraction of sp³-hybridized carbons (Fsp3) is 0.214. The highest BCUT2D eigenvalue weighted by Crippen LogP contribution is 2.24. The molecule has 0 aliphatic rings. The Labute approximate surface area is 122 Å². The van der Waals surface area contributed by atoms with Gasteiger partial charge in [0.05, 0.1) is 23.4 Å². The van der Waals surface area contributed by atoms with Crippen molar-refractivity contribution in [2.45, 2.75) is 25.3 Å². The molecule has 0 unspecified atom stereocenters. The molecule has 1 heterocycles. The number of nitrogens with zero attached hydrogens (tertiary/aromatic N) is 1. The Hall–Kier alpha value is -1.99. The van der Waals surface area contributed by atoms with Gasteiger partial charge >= 0.3 is 0 Å². The lowest BCUT2D eigenvalue weighted by Crippen LogP contribution is -2.16. The van der Waals surface area contributed by atoms with Crippen LogP contribution in [0.5, 0.6) is 0 Å². The van der Waals surface area contributed by atoms with E-state index in [4.69, 9.17) is 0 Å². The molecule has 0 spiro atoms. The average Bonchev–Trinajstić information content (AvgIpc) is 2.43. The molecule has 1 aromatic carbocycles. The highest BCUT2D eigenvalue weighted by atomic mass is 32.2. The summed E-state index contributed by atoms with van der Waals surface area (Å²) in [7, 11) is -3.95. The van der Waals surface area contributed by atoms with Crippen molar-refractivity contribution in [3.63, 3.8) is 0 Å². The molecular formula is C14H15FN2O3S. The Morgan fingerprint density at radius 3 is 2.67 bits per heavy atom. The number of anilines is 1. The second-order valence-corrected chi connectivity index (χ2v) is 6.31. The first-order chi connectivity index (χ1) is 9.85. The Morgan fingerprint density at radius 2 is 2.05 bits per heavy atom. The van der Waals surface area contributed by atoms with Crippen LogP contribution in [-0.2, 0) is 16.6 Å². The van der Waals surface area contributed by atoms with Crippen molar-refractivity contribution in [3.8, 4) is 0 Å². The molecule has 0 saturated heterocycles. The number of sulfonamides is 1. The summed E-state index contributed by atoms with van der Waals surface area (Å²) in [6.07, 6.45) is 2.23. The van der Waals surface area contributed by atoms with Crippen LogP contribution in [0.25, 0.3) is 0 Å². The van der Waals surface area contributed by atoms with Crippen molar-refractivity contribution in [3.05, 3.63) is 53.1 Å². The Balaban J connectivity index is 2.50. The summed E-state index contributed by atoms with van der Waals surface area (Å²) in [5, 5.41) is 9.19. The number of aromatic nitrogens is 1. The lowest BCUT2D eigenvalue weighted by Gasteiger charge is -2.13. The van der Waals surface area contributed by atoms with Gasteiger partial charge in [-0.15, -0.1) is 0 Å². The standard InChI is InChI=1S/C14H15FN2O3S/c1-9-5-11(8-18)6-14(10(9)2)21(19,20)17-13-3-4-16-7-12(13)15/h3-7,18H,8H2,1-2H3,(H,16,17). The van der Waals surface area contributed by atoms with Gasteiger partial charge in [0.25, 0.3) is 10.0 Å². The van der Waals surface area contributed by atoms with Gasteiger partial charge in [0.15, 0.2) is 5.82 Å². The van der Waals surface area contributed by atoms with Gasteiger partial charge in [-0.05, 0) is 42.7 Å². The molecule has 0 amide bonds. The number of aliphatic hydroxyl groups excluding tert-OH is 1. The van der Waals surface area contributed by atoms with Crippen LogP contribution in [-0.4, -0.2) is 18.5 Å². The minimum absolute atomic E-state index is 0.0164. The van der Waals surface area contributed by atoms with E-state index in [-0.39, 0.29) is 17.2 Å². The van der Waals surface area contributed by atoms with E-state index in [1.807, 2.05) is 0 Å². The van der Waals surface area contributed by atoms with Gasteiger partial charge in [-0.2, -0.15) is 0 Å². The number of hydrogen-bond acceptors (Lipinski definition) is 4. The second-order valence-electron chi connectivity index (χ2n) is 4.65. The van der Waals surface area contributed by atoms with Crippen molar-refractivity contribution < 1.29 is 17.9 Å². The van der Waals surface area contributed by atoms with E-state index in [2.05, 4.69) is 9.71 Å². The molecular weight excluding hydrogens is 295 g/mol. The van der Waals surface area contributed by atoms with Gasteiger partial charge in [0, 0.05) is 6.20 Å². The Bertz CT molecular complexity index is 776. The second kappa shape index (κ2) is 5.79. The Morgan fingerprint density at radius 1 is 1.33 bits per heavy atom. The number of aliphatic hydroxyl groups is 1. The molecule has 21 heavy (non-hydrogen) atoms. The minimum Gasteiger partial charge on any atom is -0.392 e. The van der Waals surface area contributed by atoms with Crippen molar-refractivity contribution in [1.82, 2.24) is 4.98 Å². The number of rotatable bonds is 4. The van der Waals surface area contributed by atoms with Gasteiger partial charge in [-0.1, -0.05) is 6.07 Å². The minimum atomic E-state index is -3.95. The van der Waals surface area contributed by atoms with Crippen LogP contribution >= 0.6 is 0 Å². The van der Waals surface area contributed by atoms with E-state index in [0.717, 1.165) is 11.8 Å². The zero-order valence-corrected chi connectivity index (χ0v) is 12.4. The smallest absolute Gasteiger partial charge is 0.262 e. The summed E-state index contributed by atoms with van der Waals surface area (Å²) in [4.78, 5) is 3.58. The van der Waals surface area contributed by atoms with Gasteiger partial charge < -0.3 is 5.11 Å². The summed E-state index contributed by atoms with van der Waals surface area (Å²) in [6, 6.07) is 4.33. The number of nitrogens with one attached hydrogen (secondary N) is 1. The van der Waals surface area contributed by atoms with E-state index in [9.17, 15) is 17.9 Å². The summed E-state index contributed by atoms with van der Waals surface area (Å²) >= 11 is 0. The van der Waals surface area contributed by atoms with E-state index in [1.165, 1.54) is 18.3 Å². The predicted molar refractivity (Wildman–Crippen MR) is 76.8 cm³/mol. The molecule has 7 heteroatoms. The third-order valence-electron chi connectivity index (χ3n) is 3.17. The highest BCUT2D eigenvalue weighted by Gasteiger charge is 2.20. The maximum atomic E-state index is 13.5. The lowest BCUT2D eigenvalue weighted by atomic mass is 10.1. The molecule has 0 bridgehead atoms. The Kier molecular flexibility index (Phi) is 4.24. The zero-order chi connectivity index (χ0) is 15.6. The molecule has 0 atom stereocenters. The lowest BCUT2D eigenvalue weighted by molar-refractivity contribution is 0.281. The number of aryl methyl sites for hydroxylation is 1. The average molecular weight is 310 g/mol. The maximum Gasteiger partial charge on any atom is 0.262 e. The monoisotopic (exact) mass is 310 g/mol. The number of benzene rings is 1. The van der Waals surface area contributed by atoms with Gasteiger partial charge in [-0.3, -0.25) is 9.71 Å². The molecule has 0 aliphatic carbocycles. The summed E-state index contributed by atoms with van der Waals surface area (Å²) in [6.45, 7) is 3.14. The first-order valence-corrected chi connectivity index (χ1v) is 7.67. The first-order valence-electron chi connectivity index (χ1n) is 6.18. The highest BCUT2D eigenvalue weighted by molar-refractivity contribution is 7.92. The topological polar surface area (TPSA) is 79.3 Å². The SMILES string of the molecule is Cc1cc(CO)cc(S(=O)(=O)Nc2ccncc2F)c1C. The molecule has 0 radical (unpaired) electrons. The summed E-state index contributed by atoms with van der Waals surface area (Å²) in [5.41, 5.74) is 1.59. The molecule has 2 N–H and O–H groups in total. The zero-order valence-electron chi connectivity index (χ0n) is 11.6. The van der Waals surface area contributed by atoms with Gasteiger partial charge in [-0.25, -0.2) is 12.8 Å².